The monoisotopic (exact) mass is 326 g/mol. The van der Waals surface area contributed by atoms with Gasteiger partial charge in [-0.15, -0.1) is 11.3 Å². The molecule has 0 aliphatic heterocycles. The van der Waals surface area contributed by atoms with E-state index in [0.717, 1.165) is 16.4 Å². The summed E-state index contributed by atoms with van der Waals surface area (Å²) in [4.78, 5) is 5.85. The normalized spacial score (nSPS) is 13.3. The number of hydrogen-bond acceptors (Lipinski definition) is 3. The summed E-state index contributed by atoms with van der Waals surface area (Å²) in [5.74, 6) is -0.331. The Bertz CT molecular complexity index is 646. The van der Waals surface area contributed by atoms with Gasteiger partial charge in [0.1, 0.15) is 5.82 Å². The van der Waals surface area contributed by atoms with Gasteiger partial charge in [-0.25, -0.2) is 9.37 Å². The molecule has 114 valence electrons. The molecule has 1 heterocycles. The third-order valence-electron chi connectivity index (χ3n) is 3.17. The van der Waals surface area contributed by atoms with E-state index in [9.17, 15) is 4.39 Å². The number of benzene rings is 1. The number of nitrogens with zero attached hydrogens (tertiary/aromatic N) is 1. The summed E-state index contributed by atoms with van der Waals surface area (Å²) in [6, 6.07) is 4.45. The van der Waals surface area contributed by atoms with Gasteiger partial charge in [-0.2, -0.15) is 0 Å². The van der Waals surface area contributed by atoms with E-state index in [0.29, 0.717) is 5.02 Å². The maximum Gasteiger partial charge on any atom is 0.124 e. The summed E-state index contributed by atoms with van der Waals surface area (Å²) < 4.78 is 13.1. The number of halogens is 2. The summed E-state index contributed by atoms with van der Waals surface area (Å²) >= 11 is 7.78. The lowest BCUT2D eigenvalue weighted by Gasteiger charge is -2.16. The van der Waals surface area contributed by atoms with Crippen molar-refractivity contribution in [3.8, 4) is 0 Å². The van der Waals surface area contributed by atoms with Gasteiger partial charge in [0.2, 0.25) is 0 Å². The van der Waals surface area contributed by atoms with Crippen molar-refractivity contribution in [1.29, 1.82) is 0 Å². The summed E-state index contributed by atoms with van der Waals surface area (Å²) in [5.41, 5.74) is 1.81. The molecule has 5 heteroatoms. The lowest BCUT2D eigenvalue weighted by Crippen LogP contribution is -2.10. The van der Waals surface area contributed by atoms with E-state index in [1.807, 2.05) is 6.92 Å². The zero-order chi connectivity index (χ0) is 15.8. The summed E-state index contributed by atoms with van der Waals surface area (Å²) in [6.45, 7) is 10.6. The van der Waals surface area contributed by atoms with Crippen LogP contribution in [0.4, 0.5) is 10.1 Å². The van der Waals surface area contributed by atoms with Gasteiger partial charge in [-0.3, -0.25) is 0 Å². The van der Waals surface area contributed by atoms with Crippen molar-refractivity contribution in [1.82, 2.24) is 4.98 Å². The predicted octanol–water partition coefficient (Wildman–Crippen LogP) is 5.71. The van der Waals surface area contributed by atoms with Crippen LogP contribution in [0, 0.1) is 12.7 Å². The quantitative estimate of drug-likeness (QED) is 0.780. The van der Waals surface area contributed by atoms with Crippen LogP contribution in [0.5, 0.6) is 0 Å². The number of aryl methyl sites for hydroxylation is 1. The van der Waals surface area contributed by atoms with Gasteiger partial charge in [0.05, 0.1) is 27.5 Å². The molecule has 1 aromatic carbocycles. The standard InChI is InChI=1S/C16H20ClFN2S/c1-9(19-13-7-6-11(18)8-12(13)17)14-10(2)20-15(21-14)16(3,4)5/h6-9,19H,1-5H3. The van der Waals surface area contributed by atoms with E-state index in [-0.39, 0.29) is 17.3 Å². The molecule has 0 spiro atoms. The highest BCUT2D eigenvalue weighted by Crippen LogP contribution is 2.35. The maximum absolute atomic E-state index is 13.1. The Morgan fingerprint density at radius 3 is 2.52 bits per heavy atom. The SMILES string of the molecule is Cc1nc(C(C)(C)C)sc1C(C)Nc1ccc(F)cc1Cl. The topological polar surface area (TPSA) is 24.9 Å². The van der Waals surface area contributed by atoms with Crippen molar-refractivity contribution in [3.63, 3.8) is 0 Å². The first-order valence-electron chi connectivity index (χ1n) is 6.88. The molecular formula is C16H20ClFN2S. The molecule has 0 fully saturated rings. The highest BCUT2D eigenvalue weighted by Gasteiger charge is 2.22. The number of aromatic nitrogens is 1. The van der Waals surface area contributed by atoms with Crippen molar-refractivity contribution in [2.75, 3.05) is 5.32 Å². The van der Waals surface area contributed by atoms with Gasteiger partial charge in [0.25, 0.3) is 0 Å². The minimum atomic E-state index is -0.331. The second kappa shape index (κ2) is 5.93. The number of anilines is 1. The van der Waals surface area contributed by atoms with E-state index < -0.39 is 0 Å². The van der Waals surface area contributed by atoms with Crippen LogP contribution in [0.15, 0.2) is 18.2 Å². The van der Waals surface area contributed by atoms with E-state index in [1.54, 1.807) is 17.4 Å². The van der Waals surface area contributed by atoms with Gasteiger partial charge in [-0.1, -0.05) is 32.4 Å². The minimum absolute atomic E-state index is 0.0426. The van der Waals surface area contributed by atoms with Crippen LogP contribution in [0.25, 0.3) is 0 Å². The van der Waals surface area contributed by atoms with Gasteiger partial charge in [-0.05, 0) is 32.0 Å². The van der Waals surface area contributed by atoms with Crippen molar-refractivity contribution < 1.29 is 4.39 Å². The van der Waals surface area contributed by atoms with Crippen molar-refractivity contribution >= 4 is 28.6 Å². The lowest BCUT2D eigenvalue weighted by atomic mass is 9.98. The Morgan fingerprint density at radius 1 is 1.33 bits per heavy atom. The van der Waals surface area contributed by atoms with Crippen molar-refractivity contribution in [3.05, 3.63) is 44.6 Å². The Balaban J connectivity index is 2.24. The van der Waals surface area contributed by atoms with Gasteiger partial charge >= 0.3 is 0 Å². The molecule has 0 aliphatic rings. The Morgan fingerprint density at radius 2 is 2.00 bits per heavy atom. The first-order valence-corrected chi connectivity index (χ1v) is 8.07. The summed E-state index contributed by atoms with van der Waals surface area (Å²) in [5, 5.41) is 4.84. The molecule has 21 heavy (non-hydrogen) atoms. The molecule has 0 saturated heterocycles. The van der Waals surface area contributed by atoms with E-state index in [1.165, 1.54) is 17.0 Å². The van der Waals surface area contributed by atoms with Crippen LogP contribution in [0.1, 0.15) is 49.3 Å². The second-order valence-corrected chi connectivity index (χ2v) is 7.65. The van der Waals surface area contributed by atoms with Crippen molar-refractivity contribution in [2.24, 2.45) is 0 Å². The molecule has 2 rings (SSSR count). The van der Waals surface area contributed by atoms with Gasteiger partial charge in [0.15, 0.2) is 0 Å². The molecule has 0 saturated carbocycles. The molecule has 1 N–H and O–H groups in total. The largest absolute Gasteiger partial charge is 0.376 e. The van der Waals surface area contributed by atoms with Gasteiger partial charge in [0, 0.05) is 10.3 Å². The molecule has 2 aromatic rings. The smallest absolute Gasteiger partial charge is 0.124 e. The molecule has 0 radical (unpaired) electrons. The molecular weight excluding hydrogens is 307 g/mol. The fourth-order valence-corrected chi connectivity index (χ4v) is 3.38. The van der Waals surface area contributed by atoms with Crippen LogP contribution >= 0.6 is 22.9 Å². The average Bonchev–Trinajstić information content (AvgIpc) is 2.75. The molecule has 2 nitrogen and oxygen atoms in total. The molecule has 0 amide bonds. The lowest BCUT2D eigenvalue weighted by molar-refractivity contribution is 0.584. The first kappa shape index (κ1) is 16.2. The predicted molar refractivity (Wildman–Crippen MR) is 89.0 cm³/mol. The Kier molecular flexibility index (Phi) is 4.59. The number of nitrogens with one attached hydrogen (secondary N) is 1. The fourth-order valence-electron chi connectivity index (χ4n) is 2.04. The maximum atomic E-state index is 13.1. The second-order valence-electron chi connectivity index (χ2n) is 6.21. The minimum Gasteiger partial charge on any atom is -0.376 e. The first-order chi connectivity index (χ1) is 9.68. The van der Waals surface area contributed by atoms with Crippen LogP contribution < -0.4 is 5.32 Å². The Labute approximate surface area is 134 Å². The third-order valence-corrected chi connectivity index (χ3v) is 5.25. The molecule has 1 unspecified atom stereocenters. The molecule has 0 bridgehead atoms. The Hall–Kier alpha value is -1.13. The van der Waals surface area contributed by atoms with Crippen LogP contribution in [0.2, 0.25) is 5.02 Å². The molecule has 1 aromatic heterocycles. The number of rotatable bonds is 3. The highest BCUT2D eigenvalue weighted by molar-refractivity contribution is 7.12. The molecule has 0 aliphatic carbocycles. The highest BCUT2D eigenvalue weighted by atomic mass is 35.5. The van der Waals surface area contributed by atoms with E-state index >= 15 is 0 Å². The molecule has 1 atom stereocenters. The zero-order valence-electron chi connectivity index (χ0n) is 12.9. The average molecular weight is 327 g/mol. The van der Waals surface area contributed by atoms with Crippen molar-refractivity contribution in [2.45, 2.75) is 46.1 Å². The van der Waals surface area contributed by atoms with Crippen LogP contribution in [0.3, 0.4) is 0 Å². The third kappa shape index (κ3) is 3.74. The zero-order valence-corrected chi connectivity index (χ0v) is 14.5. The number of thiazole rings is 1. The fraction of sp³-hybridized carbons (Fsp3) is 0.438. The van der Waals surface area contributed by atoms with E-state index in [4.69, 9.17) is 11.6 Å². The van der Waals surface area contributed by atoms with Crippen LogP contribution in [-0.2, 0) is 5.41 Å². The summed E-state index contributed by atoms with van der Waals surface area (Å²) in [6.07, 6.45) is 0. The number of hydrogen-bond donors (Lipinski definition) is 1. The van der Waals surface area contributed by atoms with E-state index in [2.05, 4.69) is 38.0 Å². The van der Waals surface area contributed by atoms with Gasteiger partial charge < -0.3 is 5.32 Å². The summed E-state index contributed by atoms with van der Waals surface area (Å²) in [7, 11) is 0. The van der Waals surface area contributed by atoms with Crippen LogP contribution in [-0.4, -0.2) is 4.98 Å².